The molecule has 1 unspecified atom stereocenters. The number of rotatable bonds is 12. The van der Waals surface area contributed by atoms with Gasteiger partial charge in [0.1, 0.15) is 24.5 Å². The zero-order valence-corrected chi connectivity index (χ0v) is 21.1. The van der Waals surface area contributed by atoms with Gasteiger partial charge in [-0.1, -0.05) is 80.6 Å². The summed E-state index contributed by atoms with van der Waals surface area (Å²) in [4.78, 5) is 25.8. The highest BCUT2D eigenvalue weighted by Gasteiger charge is 2.29. The van der Waals surface area contributed by atoms with Crippen LogP contribution in [0.15, 0.2) is 78.9 Å². The maximum Gasteiger partial charge on any atom is 0.323 e. The van der Waals surface area contributed by atoms with Gasteiger partial charge >= 0.3 is 11.9 Å². The molecule has 5 nitrogen and oxygen atoms in total. The van der Waals surface area contributed by atoms with Gasteiger partial charge in [0.05, 0.1) is 6.61 Å². The third-order valence-corrected chi connectivity index (χ3v) is 5.76. The molecule has 0 bridgehead atoms. The second kappa shape index (κ2) is 13.5. The Kier molecular flexibility index (Phi) is 10.2. The Morgan fingerprint density at radius 2 is 1.36 bits per heavy atom. The van der Waals surface area contributed by atoms with Crippen molar-refractivity contribution in [3.05, 3.63) is 95.8 Å². The van der Waals surface area contributed by atoms with E-state index in [0.717, 1.165) is 22.3 Å². The lowest BCUT2D eigenvalue weighted by molar-refractivity contribution is -0.150. The molecule has 3 aromatic carbocycles. The number of hydrogen-bond donors (Lipinski definition) is 1. The van der Waals surface area contributed by atoms with Gasteiger partial charge in [0, 0.05) is 0 Å². The fourth-order valence-electron chi connectivity index (χ4n) is 3.94. The summed E-state index contributed by atoms with van der Waals surface area (Å²) in [5.41, 5.74) is 3.66. The standard InChI is InChI=1S/C30H34FNO4/c1-4-35-29(33)28(19-22-10-12-24(13-11-22)25-14-16-26(31)17-15-25)32-27(18-21(2)3)30(34)36-20-23-8-6-5-7-9-23/h5-17,21,27-28,32H,4,18-20H2,1-3H3/t27-,28?/m0/s1. The highest BCUT2D eigenvalue weighted by atomic mass is 19.1. The van der Waals surface area contributed by atoms with Crippen LogP contribution < -0.4 is 5.32 Å². The summed E-state index contributed by atoms with van der Waals surface area (Å²) in [7, 11) is 0. The third kappa shape index (κ3) is 8.31. The summed E-state index contributed by atoms with van der Waals surface area (Å²) in [6, 6.07) is 22.2. The minimum absolute atomic E-state index is 0.171. The molecule has 3 rings (SSSR count). The van der Waals surface area contributed by atoms with E-state index < -0.39 is 24.0 Å². The van der Waals surface area contributed by atoms with E-state index in [1.54, 1.807) is 19.1 Å². The molecule has 0 fully saturated rings. The lowest BCUT2D eigenvalue weighted by Gasteiger charge is -2.25. The van der Waals surface area contributed by atoms with Crippen molar-refractivity contribution in [3.63, 3.8) is 0 Å². The van der Waals surface area contributed by atoms with Gasteiger partial charge in [-0.05, 0) is 60.1 Å². The molecule has 36 heavy (non-hydrogen) atoms. The number of carbonyl (C=O) groups excluding carboxylic acids is 2. The van der Waals surface area contributed by atoms with Crippen LogP contribution in [0.4, 0.5) is 4.39 Å². The summed E-state index contributed by atoms with van der Waals surface area (Å²) < 4.78 is 24.1. The van der Waals surface area contributed by atoms with Crippen LogP contribution in [0.5, 0.6) is 0 Å². The Labute approximate surface area is 212 Å². The van der Waals surface area contributed by atoms with Crippen molar-refractivity contribution in [2.24, 2.45) is 5.92 Å². The van der Waals surface area contributed by atoms with Gasteiger partial charge in [-0.3, -0.25) is 14.9 Å². The van der Waals surface area contributed by atoms with Crippen LogP contribution in [0.3, 0.4) is 0 Å². The quantitative estimate of drug-likeness (QED) is 0.329. The van der Waals surface area contributed by atoms with Crippen molar-refractivity contribution in [3.8, 4) is 11.1 Å². The summed E-state index contributed by atoms with van der Waals surface area (Å²) in [5.74, 6) is -0.875. The van der Waals surface area contributed by atoms with Crippen LogP contribution in [0, 0.1) is 11.7 Å². The highest BCUT2D eigenvalue weighted by Crippen LogP contribution is 2.21. The van der Waals surface area contributed by atoms with Crippen LogP contribution in [-0.4, -0.2) is 30.6 Å². The second-order valence-corrected chi connectivity index (χ2v) is 9.15. The highest BCUT2D eigenvalue weighted by molar-refractivity contribution is 5.80. The van der Waals surface area contributed by atoms with Gasteiger partial charge in [-0.2, -0.15) is 0 Å². The molecule has 6 heteroatoms. The van der Waals surface area contributed by atoms with E-state index >= 15 is 0 Å². The third-order valence-electron chi connectivity index (χ3n) is 5.76. The topological polar surface area (TPSA) is 64.6 Å². The molecule has 0 aliphatic rings. The number of hydrogen-bond acceptors (Lipinski definition) is 5. The Hall–Kier alpha value is -3.51. The normalized spacial score (nSPS) is 12.7. The van der Waals surface area contributed by atoms with Gasteiger partial charge in [0.15, 0.2) is 0 Å². The zero-order chi connectivity index (χ0) is 25.9. The molecule has 0 saturated heterocycles. The maximum absolute atomic E-state index is 13.2. The molecule has 0 saturated carbocycles. The Bertz CT molecular complexity index is 1100. The molecule has 3 aromatic rings. The van der Waals surface area contributed by atoms with Crippen molar-refractivity contribution < 1.29 is 23.5 Å². The zero-order valence-electron chi connectivity index (χ0n) is 21.1. The van der Waals surface area contributed by atoms with Gasteiger partial charge in [-0.25, -0.2) is 4.39 Å². The number of ether oxygens (including phenoxy) is 2. The fraction of sp³-hybridized carbons (Fsp3) is 0.333. The molecule has 2 atom stereocenters. The predicted molar refractivity (Wildman–Crippen MR) is 139 cm³/mol. The SMILES string of the molecule is CCOC(=O)C(Cc1ccc(-c2ccc(F)cc2)cc1)N[C@@H](CC(C)C)C(=O)OCc1ccccc1. The fourth-order valence-corrected chi connectivity index (χ4v) is 3.94. The molecule has 1 N–H and O–H groups in total. The molecule has 0 heterocycles. The number of benzene rings is 3. The van der Waals surface area contributed by atoms with Crippen LogP contribution >= 0.6 is 0 Å². The Balaban J connectivity index is 1.72. The lowest BCUT2D eigenvalue weighted by atomic mass is 9.98. The van der Waals surface area contributed by atoms with Crippen LogP contribution in [0.25, 0.3) is 11.1 Å². The van der Waals surface area contributed by atoms with Crippen molar-refractivity contribution in [1.29, 1.82) is 0 Å². The Morgan fingerprint density at radius 1 is 0.778 bits per heavy atom. The first-order valence-corrected chi connectivity index (χ1v) is 12.3. The van der Waals surface area contributed by atoms with Crippen molar-refractivity contribution >= 4 is 11.9 Å². The van der Waals surface area contributed by atoms with Crippen LogP contribution in [-0.2, 0) is 32.1 Å². The van der Waals surface area contributed by atoms with E-state index in [2.05, 4.69) is 5.32 Å². The number of carbonyl (C=O) groups is 2. The van der Waals surface area contributed by atoms with Crippen molar-refractivity contribution in [2.45, 2.75) is 52.3 Å². The first-order valence-electron chi connectivity index (χ1n) is 12.3. The average Bonchev–Trinajstić information content (AvgIpc) is 2.88. The van der Waals surface area contributed by atoms with E-state index in [4.69, 9.17) is 9.47 Å². The van der Waals surface area contributed by atoms with E-state index in [9.17, 15) is 14.0 Å². The number of nitrogens with one attached hydrogen (secondary N) is 1. The second-order valence-electron chi connectivity index (χ2n) is 9.15. The largest absolute Gasteiger partial charge is 0.465 e. The molecule has 0 spiro atoms. The first kappa shape index (κ1) is 27.1. The molecular formula is C30H34FNO4. The molecule has 0 aliphatic heterocycles. The maximum atomic E-state index is 13.2. The summed E-state index contributed by atoms with van der Waals surface area (Å²) in [6.45, 7) is 6.21. The van der Waals surface area contributed by atoms with Gasteiger partial charge in [0.25, 0.3) is 0 Å². The minimum Gasteiger partial charge on any atom is -0.465 e. The minimum atomic E-state index is -0.713. The van der Waals surface area contributed by atoms with E-state index in [1.165, 1.54) is 12.1 Å². The summed E-state index contributed by atoms with van der Waals surface area (Å²) >= 11 is 0. The molecule has 0 radical (unpaired) electrons. The summed E-state index contributed by atoms with van der Waals surface area (Å²) in [5, 5.41) is 3.22. The van der Waals surface area contributed by atoms with Crippen LogP contribution in [0.1, 0.15) is 38.3 Å². The monoisotopic (exact) mass is 491 g/mol. The van der Waals surface area contributed by atoms with Gasteiger partial charge in [0.2, 0.25) is 0 Å². The van der Waals surface area contributed by atoms with E-state index in [1.807, 2.05) is 68.4 Å². The smallest absolute Gasteiger partial charge is 0.323 e. The lowest BCUT2D eigenvalue weighted by Crippen LogP contribution is -2.50. The van der Waals surface area contributed by atoms with Gasteiger partial charge < -0.3 is 9.47 Å². The van der Waals surface area contributed by atoms with E-state index in [-0.39, 0.29) is 24.9 Å². The van der Waals surface area contributed by atoms with E-state index in [0.29, 0.717) is 12.8 Å². The molecule has 0 amide bonds. The molecule has 0 aromatic heterocycles. The molecule has 0 aliphatic carbocycles. The molecule has 190 valence electrons. The summed E-state index contributed by atoms with van der Waals surface area (Å²) in [6.07, 6.45) is 0.871. The van der Waals surface area contributed by atoms with Gasteiger partial charge in [-0.15, -0.1) is 0 Å². The first-order chi connectivity index (χ1) is 17.4. The Morgan fingerprint density at radius 3 is 1.94 bits per heavy atom. The van der Waals surface area contributed by atoms with Crippen LogP contribution in [0.2, 0.25) is 0 Å². The number of halogens is 1. The number of esters is 2. The van der Waals surface area contributed by atoms with Crippen molar-refractivity contribution in [2.75, 3.05) is 6.61 Å². The average molecular weight is 492 g/mol. The van der Waals surface area contributed by atoms with Crippen molar-refractivity contribution in [1.82, 2.24) is 5.32 Å². The predicted octanol–water partition coefficient (Wildman–Crippen LogP) is 5.71. The molecular weight excluding hydrogens is 457 g/mol.